The first-order valence-corrected chi connectivity index (χ1v) is 8.27. The van der Waals surface area contributed by atoms with Crippen LogP contribution in [0.1, 0.15) is 6.92 Å². The van der Waals surface area contributed by atoms with Crippen molar-refractivity contribution < 1.29 is 13.2 Å². The smallest absolute Gasteiger partial charge is 0.302 e. The minimum Gasteiger partial charge on any atom is -0.494 e. The Morgan fingerprint density at radius 1 is 1.18 bits per heavy atom. The van der Waals surface area contributed by atoms with Crippen molar-refractivity contribution in [3.8, 4) is 17.0 Å². The average Bonchev–Trinajstić information content (AvgIpc) is 2.47. The van der Waals surface area contributed by atoms with Crippen molar-refractivity contribution in [2.45, 2.75) is 6.92 Å². The Kier molecular flexibility index (Phi) is 4.99. The third-order valence-corrected chi connectivity index (χ3v) is 4.33. The minimum absolute atomic E-state index is 0.271. The van der Waals surface area contributed by atoms with E-state index in [1.165, 1.54) is 14.1 Å². The lowest BCUT2D eigenvalue weighted by atomic mass is 10.1. The number of anilines is 1. The molecule has 0 saturated carbocycles. The molecule has 0 radical (unpaired) electrons. The van der Waals surface area contributed by atoms with E-state index in [1.54, 1.807) is 12.1 Å². The Morgan fingerprint density at radius 2 is 1.91 bits per heavy atom. The fraction of sp³-hybridized carbons (Fsp3) is 0.267. The summed E-state index contributed by atoms with van der Waals surface area (Å²) in [6.07, 6.45) is 0. The van der Waals surface area contributed by atoms with E-state index in [0.717, 1.165) is 15.6 Å². The molecule has 22 heavy (non-hydrogen) atoms. The van der Waals surface area contributed by atoms with Gasteiger partial charge in [-0.3, -0.25) is 4.72 Å². The summed E-state index contributed by atoms with van der Waals surface area (Å²) in [7, 11) is -0.659. The maximum Gasteiger partial charge on any atom is 0.302 e. The highest BCUT2D eigenvalue weighted by molar-refractivity contribution is 7.90. The number of hydrogen-bond donors (Lipinski definition) is 1. The van der Waals surface area contributed by atoms with Crippen molar-refractivity contribution in [3.63, 3.8) is 0 Å². The van der Waals surface area contributed by atoms with Crippen molar-refractivity contribution in [1.82, 2.24) is 9.29 Å². The molecule has 1 N–H and O–H groups in total. The molecular formula is C15H19N3O3S. The third kappa shape index (κ3) is 3.96. The summed E-state index contributed by atoms with van der Waals surface area (Å²) in [5, 5.41) is 0. The van der Waals surface area contributed by atoms with Crippen molar-refractivity contribution in [2.75, 3.05) is 25.4 Å². The van der Waals surface area contributed by atoms with Crippen LogP contribution in [0.25, 0.3) is 11.3 Å². The molecule has 2 rings (SSSR count). The van der Waals surface area contributed by atoms with Gasteiger partial charge in [-0.15, -0.1) is 0 Å². The number of rotatable bonds is 6. The molecule has 118 valence electrons. The van der Waals surface area contributed by atoms with Gasteiger partial charge in [0.1, 0.15) is 11.6 Å². The summed E-state index contributed by atoms with van der Waals surface area (Å²) < 4.78 is 32.7. The maximum absolute atomic E-state index is 11.8. The normalized spacial score (nSPS) is 11.5. The molecule has 0 unspecified atom stereocenters. The van der Waals surface area contributed by atoms with E-state index in [2.05, 4.69) is 9.71 Å². The van der Waals surface area contributed by atoms with Crippen LogP contribution in [0.4, 0.5) is 5.82 Å². The molecule has 0 bridgehead atoms. The van der Waals surface area contributed by atoms with Gasteiger partial charge in [0.2, 0.25) is 0 Å². The second-order valence-electron chi connectivity index (χ2n) is 4.76. The standard InChI is InChI=1S/C15H19N3O3S/c1-4-21-13-8-5-7-12(11-13)14-9-6-10-15(16-14)17-22(19,20)18(2)3/h5-11H,4H2,1-3H3,(H,16,17). The van der Waals surface area contributed by atoms with E-state index < -0.39 is 10.2 Å². The fourth-order valence-corrected chi connectivity index (χ4v) is 2.35. The van der Waals surface area contributed by atoms with Crippen molar-refractivity contribution in [3.05, 3.63) is 42.5 Å². The molecule has 0 atom stereocenters. The number of nitrogens with zero attached hydrogens (tertiary/aromatic N) is 2. The highest BCUT2D eigenvalue weighted by atomic mass is 32.2. The SMILES string of the molecule is CCOc1cccc(-c2cccc(NS(=O)(=O)N(C)C)n2)c1. The van der Waals surface area contributed by atoms with Gasteiger partial charge in [0, 0.05) is 19.7 Å². The van der Waals surface area contributed by atoms with Gasteiger partial charge in [0.15, 0.2) is 0 Å². The molecular weight excluding hydrogens is 302 g/mol. The Balaban J connectivity index is 2.30. The Labute approximate surface area is 130 Å². The summed E-state index contributed by atoms with van der Waals surface area (Å²) >= 11 is 0. The molecule has 2 aromatic rings. The van der Waals surface area contributed by atoms with Gasteiger partial charge in [0.05, 0.1) is 12.3 Å². The first-order chi connectivity index (χ1) is 10.4. The van der Waals surface area contributed by atoms with Gasteiger partial charge >= 0.3 is 10.2 Å². The van der Waals surface area contributed by atoms with Gasteiger partial charge < -0.3 is 4.74 Å². The number of nitrogens with one attached hydrogen (secondary N) is 1. The van der Waals surface area contributed by atoms with E-state index in [4.69, 9.17) is 4.74 Å². The number of pyridine rings is 1. The number of benzene rings is 1. The summed E-state index contributed by atoms with van der Waals surface area (Å²) in [5.74, 6) is 1.02. The van der Waals surface area contributed by atoms with E-state index in [9.17, 15) is 8.42 Å². The average molecular weight is 321 g/mol. The van der Waals surface area contributed by atoms with Crippen LogP contribution in [0.3, 0.4) is 0 Å². The highest BCUT2D eigenvalue weighted by Gasteiger charge is 2.14. The number of aromatic nitrogens is 1. The molecule has 1 aromatic carbocycles. The monoisotopic (exact) mass is 321 g/mol. The zero-order chi connectivity index (χ0) is 16.2. The predicted octanol–water partition coefficient (Wildman–Crippen LogP) is 2.37. The predicted molar refractivity (Wildman–Crippen MR) is 87.1 cm³/mol. The first kappa shape index (κ1) is 16.3. The van der Waals surface area contributed by atoms with E-state index >= 15 is 0 Å². The van der Waals surface area contributed by atoms with Gasteiger partial charge in [-0.1, -0.05) is 18.2 Å². The summed E-state index contributed by atoms with van der Waals surface area (Å²) in [6, 6.07) is 12.7. The summed E-state index contributed by atoms with van der Waals surface area (Å²) in [6.45, 7) is 2.50. The second-order valence-corrected chi connectivity index (χ2v) is 6.64. The lowest BCUT2D eigenvalue weighted by Gasteiger charge is -2.13. The Bertz CT molecular complexity index is 745. The molecule has 0 aliphatic heterocycles. The Hall–Kier alpha value is -2.12. The summed E-state index contributed by atoms with van der Waals surface area (Å²) in [4.78, 5) is 4.34. The van der Waals surface area contributed by atoms with Crippen LogP contribution in [-0.4, -0.2) is 38.4 Å². The Morgan fingerprint density at radius 3 is 2.59 bits per heavy atom. The van der Waals surface area contributed by atoms with Gasteiger partial charge in [0.25, 0.3) is 0 Å². The van der Waals surface area contributed by atoms with E-state index in [1.807, 2.05) is 37.3 Å². The van der Waals surface area contributed by atoms with E-state index in [-0.39, 0.29) is 5.82 Å². The van der Waals surface area contributed by atoms with Crippen molar-refractivity contribution in [2.24, 2.45) is 0 Å². The molecule has 1 heterocycles. The number of hydrogen-bond acceptors (Lipinski definition) is 4. The highest BCUT2D eigenvalue weighted by Crippen LogP contribution is 2.23. The van der Waals surface area contributed by atoms with Gasteiger partial charge in [-0.2, -0.15) is 12.7 Å². The molecule has 0 saturated heterocycles. The largest absolute Gasteiger partial charge is 0.494 e. The molecule has 6 nitrogen and oxygen atoms in total. The van der Waals surface area contributed by atoms with Gasteiger partial charge in [-0.05, 0) is 31.2 Å². The minimum atomic E-state index is -3.57. The van der Waals surface area contributed by atoms with Crippen LogP contribution in [-0.2, 0) is 10.2 Å². The zero-order valence-electron chi connectivity index (χ0n) is 12.8. The van der Waals surface area contributed by atoms with E-state index in [0.29, 0.717) is 12.3 Å². The van der Waals surface area contributed by atoms with Crippen LogP contribution in [0.15, 0.2) is 42.5 Å². The molecule has 7 heteroatoms. The fourth-order valence-electron chi connectivity index (χ4n) is 1.79. The van der Waals surface area contributed by atoms with Crippen molar-refractivity contribution in [1.29, 1.82) is 0 Å². The summed E-state index contributed by atoms with van der Waals surface area (Å²) in [5.41, 5.74) is 1.53. The van der Waals surface area contributed by atoms with Crippen LogP contribution in [0, 0.1) is 0 Å². The molecule has 0 fully saturated rings. The van der Waals surface area contributed by atoms with Crippen LogP contribution >= 0.6 is 0 Å². The zero-order valence-corrected chi connectivity index (χ0v) is 13.6. The lowest BCUT2D eigenvalue weighted by molar-refractivity contribution is 0.340. The number of ether oxygens (including phenoxy) is 1. The maximum atomic E-state index is 11.8. The molecule has 0 amide bonds. The quantitative estimate of drug-likeness (QED) is 0.886. The van der Waals surface area contributed by atoms with Crippen molar-refractivity contribution >= 4 is 16.0 Å². The second kappa shape index (κ2) is 6.76. The van der Waals surface area contributed by atoms with Crippen LogP contribution in [0.5, 0.6) is 5.75 Å². The first-order valence-electron chi connectivity index (χ1n) is 6.83. The molecule has 0 spiro atoms. The lowest BCUT2D eigenvalue weighted by Crippen LogP contribution is -2.29. The van der Waals surface area contributed by atoms with Gasteiger partial charge in [-0.25, -0.2) is 4.98 Å². The molecule has 0 aliphatic rings. The third-order valence-electron chi connectivity index (χ3n) is 2.90. The molecule has 1 aromatic heterocycles. The van der Waals surface area contributed by atoms with Crippen LogP contribution < -0.4 is 9.46 Å². The topological polar surface area (TPSA) is 71.5 Å². The molecule has 0 aliphatic carbocycles. The van der Waals surface area contributed by atoms with Crippen LogP contribution in [0.2, 0.25) is 0 Å².